The normalized spacial score (nSPS) is 12.2. The second-order valence-electron chi connectivity index (χ2n) is 5.65. The molecule has 0 aliphatic rings. The number of halogens is 3. The van der Waals surface area contributed by atoms with Crippen molar-refractivity contribution < 1.29 is 4.74 Å². The zero-order valence-corrected chi connectivity index (χ0v) is 18.0. The summed E-state index contributed by atoms with van der Waals surface area (Å²) in [7, 11) is 1.93. The first-order valence-corrected chi connectivity index (χ1v) is 10.4. The van der Waals surface area contributed by atoms with Gasteiger partial charge in [0.25, 0.3) is 0 Å². The third-order valence-electron chi connectivity index (χ3n) is 3.71. The Balaban J connectivity index is 1.68. The van der Waals surface area contributed by atoms with E-state index in [2.05, 4.69) is 38.3 Å². The van der Waals surface area contributed by atoms with Crippen molar-refractivity contribution >= 4 is 50.9 Å². The summed E-state index contributed by atoms with van der Waals surface area (Å²) in [5.41, 5.74) is 1.22. The summed E-state index contributed by atoms with van der Waals surface area (Å²) in [6.45, 7) is 1.91. The molecule has 0 bridgehead atoms. The Hall–Kier alpha value is -1.21. The van der Waals surface area contributed by atoms with Gasteiger partial charge in [-0.1, -0.05) is 63.0 Å². The maximum absolute atomic E-state index is 6.17. The van der Waals surface area contributed by atoms with Crippen molar-refractivity contribution in [3.8, 4) is 5.75 Å². The van der Waals surface area contributed by atoms with Crippen LogP contribution in [0.4, 0.5) is 0 Å². The second kappa shape index (κ2) is 8.65. The molecule has 0 saturated heterocycles. The third kappa shape index (κ3) is 4.74. The largest absolute Gasteiger partial charge is 0.481 e. The van der Waals surface area contributed by atoms with Gasteiger partial charge in [-0.3, -0.25) is 0 Å². The molecule has 4 nitrogen and oxygen atoms in total. The van der Waals surface area contributed by atoms with Crippen LogP contribution in [0.15, 0.2) is 52.1 Å². The van der Waals surface area contributed by atoms with Crippen LogP contribution in [0.2, 0.25) is 10.0 Å². The van der Waals surface area contributed by atoms with Gasteiger partial charge in [0.1, 0.15) is 5.75 Å². The fourth-order valence-electron chi connectivity index (χ4n) is 2.35. The Morgan fingerprint density at radius 3 is 2.58 bits per heavy atom. The summed E-state index contributed by atoms with van der Waals surface area (Å²) < 4.78 is 8.94. The molecule has 136 valence electrons. The van der Waals surface area contributed by atoms with Crippen LogP contribution in [-0.2, 0) is 12.8 Å². The number of ether oxygens (including phenoxy) is 1. The highest BCUT2D eigenvalue weighted by atomic mass is 79.9. The van der Waals surface area contributed by atoms with Crippen LogP contribution in [-0.4, -0.2) is 14.8 Å². The molecular weight excluding hydrogens is 457 g/mol. The van der Waals surface area contributed by atoms with E-state index in [0.29, 0.717) is 15.8 Å². The fourth-order valence-corrected chi connectivity index (χ4v) is 3.94. The van der Waals surface area contributed by atoms with Gasteiger partial charge >= 0.3 is 0 Å². The van der Waals surface area contributed by atoms with E-state index in [4.69, 9.17) is 27.9 Å². The number of aromatic nitrogens is 3. The second-order valence-corrected chi connectivity index (χ2v) is 8.35. The third-order valence-corrected chi connectivity index (χ3v) is 5.86. The van der Waals surface area contributed by atoms with Gasteiger partial charge in [-0.05, 0) is 42.8 Å². The maximum Gasteiger partial charge on any atom is 0.191 e. The maximum atomic E-state index is 6.17. The van der Waals surface area contributed by atoms with Crippen molar-refractivity contribution in [2.24, 2.45) is 7.05 Å². The predicted octanol–water partition coefficient (Wildman–Crippen LogP) is 6.32. The molecule has 8 heteroatoms. The summed E-state index contributed by atoms with van der Waals surface area (Å²) in [6.07, 6.45) is -0.298. The van der Waals surface area contributed by atoms with E-state index < -0.39 is 0 Å². The average Bonchev–Trinajstić information content (AvgIpc) is 2.98. The molecular formula is C18H16BrCl2N3OS. The van der Waals surface area contributed by atoms with Gasteiger partial charge in [0.05, 0.1) is 5.02 Å². The van der Waals surface area contributed by atoms with Crippen molar-refractivity contribution in [3.05, 3.63) is 68.4 Å². The number of benzene rings is 2. The van der Waals surface area contributed by atoms with Crippen molar-refractivity contribution in [2.45, 2.75) is 23.9 Å². The van der Waals surface area contributed by atoms with Gasteiger partial charge in [-0.15, -0.1) is 10.2 Å². The van der Waals surface area contributed by atoms with Crippen LogP contribution in [0, 0.1) is 0 Å². The smallest absolute Gasteiger partial charge is 0.191 e. The van der Waals surface area contributed by atoms with E-state index >= 15 is 0 Å². The minimum absolute atomic E-state index is 0.298. The highest BCUT2D eigenvalue weighted by Gasteiger charge is 2.18. The molecule has 1 atom stereocenters. The summed E-state index contributed by atoms with van der Waals surface area (Å²) in [4.78, 5) is 0. The molecule has 0 radical (unpaired) electrons. The van der Waals surface area contributed by atoms with Crippen molar-refractivity contribution in [1.29, 1.82) is 0 Å². The SMILES string of the molecule is CC(Oc1ccc(Cl)cc1Cl)c1nnc(SCc2ccc(Br)cc2)n1C. The first-order chi connectivity index (χ1) is 12.4. The molecule has 0 aliphatic heterocycles. The fraction of sp³-hybridized carbons (Fsp3) is 0.222. The van der Waals surface area contributed by atoms with Gasteiger partial charge < -0.3 is 9.30 Å². The Morgan fingerprint density at radius 1 is 1.15 bits per heavy atom. The first kappa shape index (κ1) is 19.5. The average molecular weight is 473 g/mol. The lowest BCUT2D eigenvalue weighted by Crippen LogP contribution is -2.10. The Kier molecular flexibility index (Phi) is 6.51. The minimum Gasteiger partial charge on any atom is -0.481 e. The van der Waals surface area contributed by atoms with Gasteiger partial charge in [0, 0.05) is 22.3 Å². The van der Waals surface area contributed by atoms with E-state index in [1.165, 1.54) is 5.56 Å². The number of nitrogens with zero attached hydrogens (tertiary/aromatic N) is 3. The van der Waals surface area contributed by atoms with Gasteiger partial charge in [0.2, 0.25) is 0 Å². The zero-order valence-electron chi connectivity index (χ0n) is 14.1. The molecule has 0 aliphatic carbocycles. The Labute approximate surface area is 175 Å². The number of hydrogen-bond donors (Lipinski definition) is 0. The monoisotopic (exact) mass is 471 g/mol. The van der Waals surface area contributed by atoms with Crippen molar-refractivity contribution in [2.75, 3.05) is 0 Å². The molecule has 0 amide bonds. The topological polar surface area (TPSA) is 39.9 Å². The number of thioether (sulfide) groups is 1. The van der Waals surface area contributed by atoms with E-state index in [-0.39, 0.29) is 6.10 Å². The lowest BCUT2D eigenvalue weighted by Gasteiger charge is -2.15. The molecule has 1 heterocycles. The van der Waals surface area contributed by atoms with Crippen LogP contribution in [0.5, 0.6) is 5.75 Å². The highest BCUT2D eigenvalue weighted by Crippen LogP contribution is 2.31. The summed E-state index contributed by atoms with van der Waals surface area (Å²) in [5, 5.41) is 10.4. The molecule has 2 aromatic carbocycles. The molecule has 26 heavy (non-hydrogen) atoms. The number of rotatable bonds is 6. The molecule has 0 saturated carbocycles. The minimum atomic E-state index is -0.298. The predicted molar refractivity (Wildman–Crippen MR) is 110 cm³/mol. The van der Waals surface area contributed by atoms with E-state index in [0.717, 1.165) is 21.2 Å². The van der Waals surface area contributed by atoms with Crippen LogP contribution >= 0.6 is 50.9 Å². The summed E-state index contributed by atoms with van der Waals surface area (Å²) >= 11 is 17.2. The summed E-state index contributed by atoms with van der Waals surface area (Å²) in [6, 6.07) is 13.4. The van der Waals surface area contributed by atoms with Crippen LogP contribution < -0.4 is 4.74 Å². The molecule has 0 fully saturated rings. The standard InChI is InChI=1S/C18H16BrCl2N3OS/c1-11(25-16-8-7-14(20)9-15(16)21)17-22-23-18(24(17)2)26-10-12-3-5-13(19)6-4-12/h3-9,11H,10H2,1-2H3. The van der Waals surface area contributed by atoms with Crippen LogP contribution in [0.3, 0.4) is 0 Å². The van der Waals surface area contributed by atoms with Gasteiger partial charge in [0.15, 0.2) is 17.1 Å². The van der Waals surface area contributed by atoms with E-state index in [9.17, 15) is 0 Å². The Bertz CT molecular complexity index is 902. The van der Waals surface area contributed by atoms with Crippen molar-refractivity contribution in [3.63, 3.8) is 0 Å². The first-order valence-electron chi connectivity index (χ1n) is 7.82. The highest BCUT2D eigenvalue weighted by molar-refractivity contribution is 9.10. The molecule has 1 unspecified atom stereocenters. The van der Waals surface area contributed by atoms with Crippen LogP contribution in [0.1, 0.15) is 24.4 Å². The van der Waals surface area contributed by atoms with Gasteiger partial charge in [-0.25, -0.2) is 0 Å². The number of hydrogen-bond acceptors (Lipinski definition) is 4. The molecule has 1 aromatic heterocycles. The molecule has 3 rings (SSSR count). The molecule has 3 aromatic rings. The van der Waals surface area contributed by atoms with E-state index in [1.54, 1.807) is 30.0 Å². The summed E-state index contributed by atoms with van der Waals surface area (Å²) in [5.74, 6) is 2.11. The van der Waals surface area contributed by atoms with Crippen LogP contribution in [0.25, 0.3) is 0 Å². The van der Waals surface area contributed by atoms with E-state index in [1.807, 2.05) is 30.7 Å². The lowest BCUT2D eigenvalue weighted by molar-refractivity contribution is 0.211. The lowest BCUT2D eigenvalue weighted by atomic mass is 10.2. The Morgan fingerprint density at radius 2 is 1.88 bits per heavy atom. The molecule has 0 spiro atoms. The zero-order chi connectivity index (χ0) is 18.7. The van der Waals surface area contributed by atoms with Gasteiger partial charge in [-0.2, -0.15) is 0 Å². The molecule has 0 N–H and O–H groups in total. The van der Waals surface area contributed by atoms with Crippen molar-refractivity contribution in [1.82, 2.24) is 14.8 Å². The quantitative estimate of drug-likeness (QED) is 0.393.